The number of nitrogens with one attached hydrogen (secondary N) is 1. The second-order valence-corrected chi connectivity index (χ2v) is 6.74. The van der Waals surface area contributed by atoms with Crippen LogP contribution in [0.15, 0.2) is 21.3 Å². The van der Waals surface area contributed by atoms with E-state index in [2.05, 4.69) is 37.2 Å². The van der Waals surface area contributed by atoms with Crippen LogP contribution in [0.25, 0.3) is 0 Å². The van der Waals surface area contributed by atoms with Crippen LogP contribution in [-0.2, 0) is 6.54 Å². The minimum absolute atomic E-state index is 0.120. The molecule has 0 spiro atoms. The van der Waals surface area contributed by atoms with E-state index < -0.39 is 0 Å². The molecule has 2 aromatic heterocycles. The van der Waals surface area contributed by atoms with Crippen LogP contribution in [0, 0.1) is 0 Å². The van der Waals surface area contributed by atoms with Gasteiger partial charge in [0.15, 0.2) is 0 Å². The van der Waals surface area contributed by atoms with Crippen LogP contribution < -0.4 is 5.32 Å². The third-order valence-corrected chi connectivity index (χ3v) is 4.90. The lowest BCUT2D eigenvalue weighted by Gasteiger charge is -2.20. The summed E-state index contributed by atoms with van der Waals surface area (Å²) < 4.78 is 5.36. The van der Waals surface area contributed by atoms with Crippen LogP contribution in [0.2, 0.25) is 0 Å². The molecule has 6 nitrogen and oxygen atoms in total. The summed E-state index contributed by atoms with van der Waals surface area (Å²) in [4.78, 5) is 18.6. The predicted molar refractivity (Wildman–Crippen MR) is 81.5 cm³/mol. The molecule has 22 heavy (non-hydrogen) atoms. The highest BCUT2D eigenvalue weighted by Gasteiger charge is 2.32. The Labute approximate surface area is 132 Å². The number of nitrogens with zero attached hydrogens (tertiary/aromatic N) is 3. The van der Waals surface area contributed by atoms with Crippen molar-refractivity contribution in [3.05, 3.63) is 34.1 Å². The van der Waals surface area contributed by atoms with Crippen molar-refractivity contribution in [2.75, 3.05) is 6.54 Å². The Morgan fingerprint density at radius 3 is 3.14 bits per heavy atom. The molecule has 116 valence electrons. The van der Waals surface area contributed by atoms with E-state index >= 15 is 0 Å². The number of hydrogen-bond donors (Lipinski definition) is 1. The first kappa shape index (κ1) is 13.9. The lowest BCUT2D eigenvalue weighted by molar-refractivity contribution is 0.0937. The van der Waals surface area contributed by atoms with Crippen molar-refractivity contribution in [2.45, 2.75) is 44.3 Å². The molecule has 7 heteroatoms. The van der Waals surface area contributed by atoms with Gasteiger partial charge in [-0.3, -0.25) is 9.69 Å². The summed E-state index contributed by atoms with van der Waals surface area (Å²) in [5, 5.41) is 11.0. The number of likely N-dealkylation sites (tertiary alicyclic amines) is 1. The molecule has 1 N–H and O–H groups in total. The first-order valence-corrected chi connectivity index (χ1v) is 8.63. The molecular formula is C15H18N4O2S. The summed E-state index contributed by atoms with van der Waals surface area (Å²) >= 11 is 1.71. The zero-order valence-electron chi connectivity index (χ0n) is 12.2. The molecule has 1 atom stereocenters. The third-order valence-electron chi connectivity index (χ3n) is 4.17. The number of carbonyl (C=O) groups is 1. The van der Waals surface area contributed by atoms with E-state index in [0.717, 1.165) is 38.8 Å². The summed E-state index contributed by atoms with van der Waals surface area (Å²) in [7, 11) is 0. The molecule has 1 saturated carbocycles. The molecule has 1 saturated heterocycles. The van der Waals surface area contributed by atoms with Gasteiger partial charge in [0.05, 0.1) is 6.04 Å². The average Bonchev–Trinajstić information content (AvgIpc) is 2.98. The Balaban J connectivity index is 1.45. The highest BCUT2D eigenvalue weighted by atomic mass is 32.1. The first-order chi connectivity index (χ1) is 10.8. The fourth-order valence-electron chi connectivity index (χ4n) is 2.85. The van der Waals surface area contributed by atoms with Crippen molar-refractivity contribution < 1.29 is 9.32 Å². The van der Waals surface area contributed by atoms with Crippen molar-refractivity contribution in [2.24, 2.45) is 0 Å². The Hall–Kier alpha value is -1.73. The molecule has 0 bridgehead atoms. The van der Waals surface area contributed by atoms with Crippen molar-refractivity contribution in [3.8, 4) is 0 Å². The van der Waals surface area contributed by atoms with Gasteiger partial charge in [0.25, 0.3) is 11.7 Å². The van der Waals surface area contributed by atoms with Gasteiger partial charge in [-0.15, -0.1) is 0 Å². The largest absolute Gasteiger partial charge is 0.346 e. The van der Waals surface area contributed by atoms with Gasteiger partial charge >= 0.3 is 0 Å². The van der Waals surface area contributed by atoms with Crippen LogP contribution in [0.3, 0.4) is 0 Å². The molecule has 2 aliphatic rings. The van der Waals surface area contributed by atoms with Gasteiger partial charge in [0.2, 0.25) is 5.89 Å². The maximum Gasteiger partial charge on any atom is 0.292 e. The van der Waals surface area contributed by atoms with Crippen molar-refractivity contribution >= 4 is 17.2 Å². The molecule has 1 aliphatic carbocycles. The van der Waals surface area contributed by atoms with Crippen LogP contribution in [0.4, 0.5) is 0 Å². The standard InChI is InChI=1S/C15H18N4O2S/c20-14(16-11-3-4-11)13-17-15(21-18-13)12-2-1-6-19(12)8-10-5-7-22-9-10/h5,7,9,11-12H,1-4,6,8H2,(H,16,20)/t12-/m1/s1. The van der Waals surface area contributed by atoms with Gasteiger partial charge in [0, 0.05) is 12.6 Å². The maximum absolute atomic E-state index is 12.0. The van der Waals surface area contributed by atoms with Crippen LogP contribution >= 0.6 is 11.3 Å². The zero-order chi connectivity index (χ0) is 14.9. The highest BCUT2D eigenvalue weighted by molar-refractivity contribution is 7.07. The van der Waals surface area contributed by atoms with Crippen LogP contribution in [-0.4, -0.2) is 33.5 Å². The Morgan fingerprint density at radius 1 is 1.45 bits per heavy atom. The topological polar surface area (TPSA) is 71.3 Å². The minimum atomic E-state index is -0.222. The van der Waals surface area contributed by atoms with Gasteiger partial charge in [0.1, 0.15) is 0 Å². The van der Waals surface area contributed by atoms with Crippen molar-refractivity contribution in [3.63, 3.8) is 0 Å². The smallest absolute Gasteiger partial charge is 0.292 e. The van der Waals surface area contributed by atoms with Crippen molar-refractivity contribution in [1.82, 2.24) is 20.4 Å². The summed E-state index contributed by atoms with van der Waals surface area (Å²) in [6.45, 7) is 1.91. The second-order valence-electron chi connectivity index (χ2n) is 5.96. The second kappa shape index (κ2) is 5.81. The number of aromatic nitrogens is 2. The van der Waals surface area contributed by atoms with Gasteiger partial charge in [-0.05, 0) is 54.6 Å². The van der Waals surface area contributed by atoms with Crippen LogP contribution in [0.1, 0.15) is 53.8 Å². The minimum Gasteiger partial charge on any atom is -0.346 e. The quantitative estimate of drug-likeness (QED) is 0.916. The number of carbonyl (C=O) groups excluding carboxylic acids is 1. The van der Waals surface area contributed by atoms with Gasteiger partial charge in [-0.2, -0.15) is 16.3 Å². The Bertz CT molecular complexity index is 650. The lowest BCUT2D eigenvalue weighted by Crippen LogP contribution is -2.26. The van der Waals surface area contributed by atoms with E-state index in [1.807, 2.05) is 0 Å². The molecule has 0 unspecified atom stereocenters. The average molecular weight is 318 g/mol. The highest BCUT2D eigenvalue weighted by Crippen LogP contribution is 2.32. The molecule has 2 fully saturated rings. The predicted octanol–water partition coefficient (Wildman–Crippen LogP) is 2.36. The molecule has 0 radical (unpaired) electrons. The fourth-order valence-corrected chi connectivity index (χ4v) is 3.51. The number of amides is 1. The molecule has 0 aromatic carbocycles. The monoisotopic (exact) mass is 318 g/mol. The van der Waals surface area contributed by atoms with Gasteiger partial charge in [-0.1, -0.05) is 5.16 Å². The van der Waals surface area contributed by atoms with E-state index in [9.17, 15) is 4.79 Å². The molecule has 1 aliphatic heterocycles. The van der Waals surface area contributed by atoms with E-state index in [4.69, 9.17) is 4.52 Å². The third kappa shape index (κ3) is 2.91. The van der Waals surface area contributed by atoms with Gasteiger partial charge < -0.3 is 9.84 Å². The van der Waals surface area contributed by atoms with E-state index in [0.29, 0.717) is 11.9 Å². The molecule has 3 heterocycles. The van der Waals surface area contributed by atoms with E-state index in [-0.39, 0.29) is 17.8 Å². The number of rotatable bonds is 5. The van der Waals surface area contributed by atoms with Gasteiger partial charge in [-0.25, -0.2) is 0 Å². The fraction of sp³-hybridized carbons (Fsp3) is 0.533. The number of hydrogen-bond acceptors (Lipinski definition) is 6. The normalized spacial score (nSPS) is 22.1. The molecule has 2 aromatic rings. The van der Waals surface area contributed by atoms with E-state index in [1.54, 1.807) is 11.3 Å². The van der Waals surface area contributed by atoms with Crippen LogP contribution in [0.5, 0.6) is 0 Å². The Kier molecular flexibility index (Phi) is 3.67. The van der Waals surface area contributed by atoms with E-state index in [1.165, 1.54) is 5.56 Å². The summed E-state index contributed by atoms with van der Waals surface area (Å²) in [6, 6.07) is 2.56. The lowest BCUT2D eigenvalue weighted by atomic mass is 10.2. The molecule has 4 rings (SSSR count). The first-order valence-electron chi connectivity index (χ1n) is 7.69. The maximum atomic E-state index is 12.0. The van der Waals surface area contributed by atoms with Crippen molar-refractivity contribution in [1.29, 1.82) is 0 Å². The zero-order valence-corrected chi connectivity index (χ0v) is 13.0. The molecule has 1 amide bonds. The summed E-state index contributed by atoms with van der Waals surface area (Å²) in [6.07, 6.45) is 4.21. The molecular weight excluding hydrogens is 300 g/mol. The SMILES string of the molecule is O=C(NC1CC1)c1noc([C@H]2CCCN2Cc2ccsc2)n1. The Morgan fingerprint density at radius 2 is 2.36 bits per heavy atom. The number of thiophene rings is 1. The summed E-state index contributed by atoms with van der Waals surface area (Å²) in [5.41, 5.74) is 1.31. The summed E-state index contributed by atoms with van der Waals surface area (Å²) in [5.74, 6) is 0.498.